The molecule has 164 valence electrons. The zero-order valence-electron chi connectivity index (χ0n) is 18.1. The first-order valence-electron chi connectivity index (χ1n) is 10.4. The molecule has 0 atom stereocenters. The molecule has 2 heterocycles. The monoisotopic (exact) mass is 449 g/mol. The maximum Gasteiger partial charge on any atom is 0.340 e. The lowest BCUT2D eigenvalue weighted by Crippen LogP contribution is -2.12. The molecule has 0 aliphatic heterocycles. The van der Waals surface area contributed by atoms with E-state index in [-0.39, 0.29) is 5.97 Å². The van der Waals surface area contributed by atoms with Crippen molar-refractivity contribution in [1.82, 2.24) is 15.2 Å². The summed E-state index contributed by atoms with van der Waals surface area (Å²) >= 11 is 1.32. The summed E-state index contributed by atoms with van der Waals surface area (Å²) in [6, 6.07) is 15.3. The molecule has 0 radical (unpaired) electrons. The predicted octanol–water partition coefficient (Wildman–Crippen LogP) is 5.46. The van der Waals surface area contributed by atoms with Crippen LogP contribution in [-0.2, 0) is 10.5 Å². The minimum absolute atomic E-state index is 0.296. The molecule has 0 aliphatic carbocycles. The van der Waals surface area contributed by atoms with Crippen LogP contribution in [0.1, 0.15) is 35.5 Å². The van der Waals surface area contributed by atoms with Crippen LogP contribution in [0, 0.1) is 6.92 Å². The molecule has 2 aromatic heterocycles. The Kier molecular flexibility index (Phi) is 6.70. The summed E-state index contributed by atoms with van der Waals surface area (Å²) in [7, 11) is 0. The summed E-state index contributed by atoms with van der Waals surface area (Å²) < 4.78 is 16.8. The maximum atomic E-state index is 12.7. The highest BCUT2D eigenvalue weighted by Gasteiger charge is 2.21. The number of benzene rings is 2. The number of ether oxygens (including phenoxy) is 2. The number of hydrogen-bond donors (Lipinski definition) is 0. The molecule has 4 rings (SSSR count). The SMILES string of the molecule is CCOC(=O)c1c(CSc2nnc(-c3ccccc3OCC)o2)nc2ccccc2c1C. The van der Waals surface area contributed by atoms with Gasteiger partial charge in [-0.05, 0) is 44.5 Å². The third-order valence-electron chi connectivity index (χ3n) is 4.86. The Morgan fingerprint density at radius 2 is 1.81 bits per heavy atom. The van der Waals surface area contributed by atoms with Crippen LogP contribution in [0.3, 0.4) is 0 Å². The highest BCUT2D eigenvalue weighted by Crippen LogP contribution is 2.33. The van der Waals surface area contributed by atoms with Gasteiger partial charge in [0, 0.05) is 11.1 Å². The number of rotatable bonds is 8. The van der Waals surface area contributed by atoms with Gasteiger partial charge in [-0.1, -0.05) is 42.1 Å². The third-order valence-corrected chi connectivity index (χ3v) is 5.69. The number of hydrogen-bond acceptors (Lipinski definition) is 8. The lowest BCUT2D eigenvalue weighted by atomic mass is 10.0. The first-order chi connectivity index (χ1) is 15.6. The Balaban J connectivity index is 1.63. The number of thioether (sulfide) groups is 1. The zero-order chi connectivity index (χ0) is 22.5. The van der Waals surface area contributed by atoms with Crippen LogP contribution in [0.15, 0.2) is 58.2 Å². The Labute approximate surface area is 190 Å². The molecule has 0 fully saturated rings. The number of aromatic nitrogens is 3. The standard InChI is InChI=1S/C24H23N3O4S/c1-4-29-20-13-9-7-11-17(20)22-26-27-24(31-22)32-14-19-21(23(28)30-5-2)15(3)16-10-6-8-12-18(16)25-19/h6-13H,4-5,14H2,1-3H3. The summed E-state index contributed by atoms with van der Waals surface area (Å²) in [5.74, 6) is 1.07. The first kappa shape index (κ1) is 21.8. The highest BCUT2D eigenvalue weighted by molar-refractivity contribution is 7.98. The van der Waals surface area contributed by atoms with Gasteiger partial charge in [-0.15, -0.1) is 10.2 Å². The topological polar surface area (TPSA) is 87.3 Å². The number of nitrogens with zero attached hydrogens (tertiary/aromatic N) is 3. The van der Waals surface area contributed by atoms with Crippen molar-refractivity contribution in [3.63, 3.8) is 0 Å². The zero-order valence-corrected chi connectivity index (χ0v) is 18.9. The van der Waals surface area contributed by atoms with E-state index < -0.39 is 0 Å². The summed E-state index contributed by atoms with van der Waals surface area (Å²) in [6.07, 6.45) is 0. The number of carbonyl (C=O) groups excluding carboxylic acids is 1. The second-order valence-corrected chi connectivity index (χ2v) is 7.81. The van der Waals surface area contributed by atoms with Crippen molar-refractivity contribution in [2.45, 2.75) is 31.7 Å². The first-order valence-corrected chi connectivity index (χ1v) is 11.3. The van der Waals surface area contributed by atoms with Gasteiger partial charge in [0.1, 0.15) is 5.75 Å². The van der Waals surface area contributed by atoms with Gasteiger partial charge in [0.25, 0.3) is 11.1 Å². The van der Waals surface area contributed by atoms with Gasteiger partial charge < -0.3 is 13.9 Å². The molecular weight excluding hydrogens is 426 g/mol. The van der Waals surface area contributed by atoms with E-state index in [0.717, 1.165) is 22.0 Å². The molecule has 0 saturated heterocycles. The van der Waals surface area contributed by atoms with Crippen molar-refractivity contribution in [2.24, 2.45) is 0 Å². The highest BCUT2D eigenvalue weighted by atomic mass is 32.2. The number of aryl methyl sites for hydroxylation is 1. The normalized spacial score (nSPS) is 11.0. The lowest BCUT2D eigenvalue weighted by molar-refractivity contribution is 0.0524. The molecule has 0 N–H and O–H groups in total. The van der Waals surface area contributed by atoms with Crippen LogP contribution in [-0.4, -0.2) is 34.4 Å². The lowest BCUT2D eigenvalue weighted by Gasteiger charge is -2.13. The van der Waals surface area contributed by atoms with Gasteiger partial charge in [0.05, 0.1) is 35.6 Å². The molecule has 0 saturated carbocycles. The average Bonchev–Trinajstić information content (AvgIpc) is 3.27. The molecule has 0 bridgehead atoms. The van der Waals surface area contributed by atoms with Gasteiger partial charge in [-0.25, -0.2) is 4.79 Å². The average molecular weight is 450 g/mol. The summed E-state index contributed by atoms with van der Waals surface area (Å²) in [6.45, 7) is 6.46. The largest absolute Gasteiger partial charge is 0.493 e. The van der Waals surface area contributed by atoms with E-state index in [1.807, 2.05) is 62.4 Å². The van der Waals surface area contributed by atoms with Crippen LogP contribution < -0.4 is 4.74 Å². The van der Waals surface area contributed by atoms with E-state index in [9.17, 15) is 4.79 Å². The summed E-state index contributed by atoms with van der Waals surface area (Å²) in [5.41, 5.74) is 3.52. The molecule has 4 aromatic rings. The van der Waals surface area contributed by atoms with Crippen molar-refractivity contribution in [3.8, 4) is 17.2 Å². The molecule has 2 aromatic carbocycles. The van der Waals surface area contributed by atoms with Crippen molar-refractivity contribution in [2.75, 3.05) is 13.2 Å². The van der Waals surface area contributed by atoms with Gasteiger partial charge >= 0.3 is 5.97 Å². The van der Waals surface area contributed by atoms with Gasteiger partial charge in [-0.2, -0.15) is 0 Å². The Morgan fingerprint density at radius 1 is 1.03 bits per heavy atom. The number of fused-ring (bicyclic) bond motifs is 1. The van der Waals surface area contributed by atoms with Crippen LogP contribution >= 0.6 is 11.8 Å². The number of esters is 1. The summed E-state index contributed by atoms with van der Waals surface area (Å²) in [5, 5.41) is 9.63. The van der Waals surface area contributed by atoms with Crippen molar-refractivity contribution in [1.29, 1.82) is 0 Å². The molecule has 7 nitrogen and oxygen atoms in total. The van der Waals surface area contributed by atoms with E-state index >= 15 is 0 Å². The number of para-hydroxylation sites is 2. The Bertz CT molecular complexity index is 1260. The number of carbonyl (C=O) groups is 1. The van der Waals surface area contributed by atoms with Crippen molar-refractivity contribution in [3.05, 3.63) is 65.4 Å². The van der Waals surface area contributed by atoms with E-state index in [1.165, 1.54) is 11.8 Å². The van der Waals surface area contributed by atoms with E-state index in [4.69, 9.17) is 18.9 Å². The fraction of sp³-hybridized carbons (Fsp3) is 0.250. The summed E-state index contributed by atoms with van der Waals surface area (Å²) in [4.78, 5) is 17.4. The van der Waals surface area contributed by atoms with Gasteiger partial charge in [0.2, 0.25) is 0 Å². The second kappa shape index (κ2) is 9.82. The quantitative estimate of drug-likeness (QED) is 0.259. The molecule has 0 aliphatic rings. The smallest absolute Gasteiger partial charge is 0.340 e. The van der Waals surface area contributed by atoms with Crippen molar-refractivity contribution < 1.29 is 18.7 Å². The van der Waals surface area contributed by atoms with Gasteiger partial charge in [0.15, 0.2) is 0 Å². The molecule has 0 unspecified atom stereocenters. The van der Waals surface area contributed by atoms with E-state index in [0.29, 0.717) is 47.1 Å². The minimum Gasteiger partial charge on any atom is -0.493 e. The fourth-order valence-electron chi connectivity index (χ4n) is 3.45. The molecule has 32 heavy (non-hydrogen) atoms. The molecule has 0 spiro atoms. The van der Waals surface area contributed by atoms with Crippen LogP contribution in [0.4, 0.5) is 0 Å². The predicted molar refractivity (Wildman–Crippen MR) is 123 cm³/mol. The minimum atomic E-state index is -0.379. The fourth-order valence-corrected chi connectivity index (χ4v) is 4.16. The van der Waals surface area contributed by atoms with Crippen LogP contribution in [0.5, 0.6) is 5.75 Å². The maximum absolute atomic E-state index is 12.7. The van der Waals surface area contributed by atoms with Crippen LogP contribution in [0.25, 0.3) is 22.4 Å². The van der Waals surface area contributed by atoms with Gasteiger partial charge in [-0.3, -0.25) is 4.98 Å². The second-order valence-electron chi connectivity index (χ2n) is 6.89. The molecule has 0 amide bonds. The molecular formula is C24H23N3O4S. The molecule has 8 heteroatoms. The third kappa shape index (κ3) is 4.45. The van der Waals surface area contributed by atoms with Crippen LogP contribution in [0.2, 0.25) is 0 Å². The van der Waals surface area contributed by atoms with E-state index in [1.54, 1.807) is 6.92 Å². The Hall–Kier alpha value is -3.39. The van der Waals surface area contributed by atoms with Crippen molar-refractivity contribution >= 4 is 28.6 Å². The van der Waals surface area contributed by atoms with E-state index in [2.05, 4.69) is 10.2 Å². The Morgan fingerprint density at radius 3 is 2.62 bits per heavy atom. The number of pyridine rings is 1.